The lowest BCUT2D eigenvalue weighted by Crippen LogP contribution is -1.99. The van der Waals surface area contributed by atoms with E-state index in [1.54, 1.807) is 14.2 Å². The highest BCUT2D eigenvalue weighted by Gasteiger charge is 2.16. The van der Waals surface area contributed by atoms with Crippen LogP contribution < -0.4 is 9.47 Å². The number of thioether (sulfide) groups is 1. The van der Waals surface area contributed by atoms with E-state index in [2.05, 4.69) is 51.5 Å². The summed E-state index contributed by atoms with van der Waals surface area (Å²) < 4.78 is 18.1. The number of benzene rings is 2. The van der Waals surface area contributed by atoms with Gasteiger partial charge in [0.2, 0.25) is 11.7 Å². The molecule has 8 nitrogen and oxygen atoms in total. The summed E-state index contributed by atoms with van der Waals surface area (Å²) in [5.41, 5.74) is 3.10. The highest BCUT2D eigenvalue weighted by atomic mass is 32.2. The van der Waals surface area contributed by atoms with E-state index in [0.717, 1.165) is 28.7 Å². The monoisotopic (exact) mass is 437 g/mol. The first-order valence-electron chi connectivity index (χ1n) is 9.82. The Bertz CT molecular complexity index is 1170. The molecule has 0 aliphatic rings. The fraction of sp³-hybridized carbons (Fsp3) is 0.273. The minimum Gasteiger partial charge on any atom is -0.493 e. The van der Waals surface area contributed by atoms with Gasteiger partial charge in [-0.1, -0.05) is 36.0 Å². The van der Waals surface area contributed by atoms with Gasteiger partial charge in [0.15, 0.2) is 16.7 Å². The van der Waals surface area contributed by atoms with Crippen LogP contribution in [0.2, 0.25) is 0 Å². The smallest absolute Gasteiger partial charge is 0.237 e. The van der Waals surface area contributed by atoms with Gasteiger partial charge in [0.25, 0.3) is 0 Å². The average Bonchev–Trinajstić information content (AvgIpc) is 3.43. The van der Waals surface area contributed by atoms with E-state index in [1.807, 2.05) is 29.7 Å². The molecule has 0 atom stereocenters. The highest BCUT2D eigenvalue weighted by Crippen LogP contribution is 2.32. The Morgan fingerprint density at radius 3 is 2.48 bits per heavy atom. The van der Waals surface area contributed by atoms with Crippen LogP contribution in [0.1, 0.15) is 24.2 Å². The van der Waals surface area contributed by atoms with Crippen molar-refractivity contribution in [2.75, 3.05) is 14.2 Å². The zero-order valence-corrected chi connectivity index (χ0v) is 18.6. The summed E-state index contributed by atoms with van der Waals surface area (Å²) in [5.74, 6) is 3.55. The minimum absolute atomic E-state index is 0.478. The number of ether oxygens (including phenoxy) is 2. The highest BCUT2D eigenvalue weighted by molar-refractivity contribution is 7.98. The van der Waals surface area contributed by atoms with E-state index in [4.69, 9.17) is 14.0 Å². The number of hydrogen-bond donors (Lipinski definition) is 0. The van der Waals surface area contributed by atoms with Crippen LogP contribution in [0.4, 0.5) is 0 Å². The van der Waals surface area contributed by atoms with Gasteiger partial charge < -0.3 is 14.0 Å². The van der Waals surface area contributed by atoms with Gasteiger partial charge in [-0.2, -0.15) is 4.98 Å². The predicted molar refractivity (Wildman–Crippen MR) is 118 cm³/mol. The Balaban J connectivity index is 1.51. The van der Waals surface area contributed by atoms with Crippen LogP contribution in [0.15, 0.2) is 52.1 Å². The van der Waals surface area contributed by atoms with Crippen molar-refractivity contribution in [3.63, 3.8) is 0 Å². The Morgan fingerprint density at radius 2 is 1.77 bits per heavy atom. The van der Waals surface area contributed by atoms with Crippen molar-refractivity contribution in [1.29, 1.82) is 0 Å². The number of methoxy groups -OCH3 is 2. The second kappa shape index (κ2) is 9.22. The summed E-state index contributed by atoms with van der Waals surface area (Å²) >= 11 is 1.50. The minimum atomic E-state index is 0.478. The third kappa shape index (κ3) is 4.41. The fourth-order valence-electron chi connectivity index (χ4n) is 3.15. The quantitative estimate of drug-likeness (QED) is 0.372. The molecule has 0 fully saturated rings. The summed E-state index contributed by atoms with van der Waals surface area (Å²) in [7, 11) is 3.19. The third-order valence-corrected chi connectivity index (χ3v) is 5.75. The van der Waals surface area contributed by atoms with Crippen molar-refractivity contribution in [3.8, 4) is 28.6 Å². The summed E-state index contributed by atoms with van der Waals surface area (Å²) in [6, 6.07) is 13.9. The lowest BCUT2D eigenvalue weighted by atomic mass is 10.1. The van der Waals surface area contributed by atoms with Gasteiger partial charge >= 0.3 is 0 Å². The average molecular weight is 438 g/mol. The van der Waals surface area contributed by atoms with Crippen molar-refractivity contribution < 1.29 is 14.0 Å². The molecule has 0 saturated carbocycles. The summed E-state index contributed by atoms with van der Waals surface area (Å²) in [6.07, 6.45) is 1.00. The zero-order chi connectivity index (χ0) is 21.8. The molecule has 2 aromatic heterocycles. The van der Waals surface area contributed by atoms with Crippen molar-refractivity contribution in [2.45, 2.75) is 31.2 Å². The summed E-state index contributed by atoms with van der Waals surface area (Å²) in [5, 5.41) is 13.4. The molecule has 0 N–H and O–H groups in total. The maximum atomic E-state index is 5.44. The van der Waals surface area contributed by atoms with Crippen LogP contribution >= 0.6 is 11.8 Å². The standard InChI is InChI=1S/C22H23N5O3S/c1-5-15-6-9-17(10-7-15)27-14(2)24-25-22(27)31-13-20-23-21(26-30-20)16-8-11-18(28-3)19(12-16)29-4/h6-12H,5,13H2,1-4H3. The first kappa shape index (κ1) is 20.9. The SMILES string of the molecule is CCc1ccc(-n2c(C)nnc2SCc2nc(-c3ccc(OC)c(OC)c3)no2)cc1. The maximum Gasteiger partial charge on any atom is 0.237 e. The van der Waals surface area contributed by atoms with E-state index in [-0.39, 0.29) is 0 Å². The zero-order valence-electron chi connectivity index (χ0n) is 17.8. The first-order chi connectivity index (χ1) is 15.1. The molecular formula is C22H23N5O3S. The molecule has 0 bridgehead atoms. The summed E-state index contributed by atoms with van der Waals surface area (Å²) in [4.78, 5) is 4.51. The lowest BCUT2D eigenvalue weighted by Gasteiger charge is -2.08. The fourth-order valence-corrected chi connectivity index (χ4v) is 3.98. The van der Waals surface area contributed by atoms with E-state index in [9.17, 15) is 0 Å². The largest absolute Gasteiger partial charge is 0.493 e. The molecule has 0 spiro atoms. The molecule has 2 aromatic carbocycles. The maximum absolute atomic E-state index is 5.44. The van der Waals surface area contributed by atoms with Crippen LogP contribution in [-0.4, -0.2) is 39.1 Å². The normalized spacial score (nSPS) is 11.0. The molecule has 4 aromatic rings. The van der Waals surface area contributed by atoms with Gasteiger partial charge in [-0.25, -0.2) is 0 Å². The van der Waals surface area contributed by atoms with Gasteiger partial charge in [-0.15, -0.1) is 10.2 Å². The number of hydrogen-bond acceptors (Lipinski definition) is 8. The molecule has 0 aliphatic carbocycles. The van der Waals surface area contributed by atoms with Crippen molar-refractivity contribution in [2.24, 2.45) is 0 Å². The molecule has 160 valence electrons. The number of aromatic nitrogens is 5. The van der Waals surface area contributed by atoms with E-state index in [0.29, 0.717) is 29.0 Å². The molecule has 2 heterocycles. The predicted octanol–water partition coefficient (Wildman–Crippen LogP) is 4.50. The first-order valence-corrected chi connectivity index (χ1v) is 10.8. The molecule has 0 saturated heterocycles. The lowest BCUT2D eigenvalue weighted by molar-refractivity contribution is 0.355. The van der Waals surface area contributed by atoms with Gasteiger partial charge in [0.1, 0.15) is 5.82 Å². The Kier molecular flexibility index (Phi) is 6.22. The van der Waals surface area contributed by atoms with Crippen LogP contribution in [0.3, 0.4) is 0 Å². The molecule has 31 heavy (non-hydrogen) atoms. The molecule has 0 unspecified atom stereocenters. The van der Waals surface area contributed by atoms with Crippen LogP contribution in [-0.2, 0) is 12.2 Å². The molecule has 0 amide bonds. The van der Waals surface area contributed by atoms with Crippen LogP contribution in [0.25, 0.3) is 17.1 Å². The number of rotatable bonds is 8. The van der Waals surface area contributed by atoms with E-state index < -0.39 is 0 Å². The van der Waals surface area contributed by atoms with Crippen LogP contribution in [0.5, 0.6) is 11.5 Å². The Labute approximate surface area is 184 Å². The van der Waals surface area contributed by atoms with Gasteiger partial charge in [-0.05, 0) is 49.2 Å². The van der Waals surface area contributed by atoms with Gasteiger partial charge in [0, 0.05) is 11.3 Å². The Hall–Kier alpha value is -3.33. The van der Waals surface area contributed by atoms with Crippen molar-refractivity contribution in [1.82, 2.24) is 24.9 Å². The van der Waals surface area contributed by atoms with Crippen molar-refractivity contribution in [3.05, 3.63) is 59.7 Å². The third-order valence-electron chi connectivity index (χ3n) is 4.83. The molecule has 9 heteroatoms. The van der Waals surface area contributed by atoms with Gasteiger partial charge in [0.05, 0.1) is 20.0 Å². The van der Waals surface area contributed by atoms with Crippen LogP contribution in [0, 0.1) is 6.92 Å². The molecule has 0 aliphatic heterocycles. The number of aryl methyl sites for hydroxylation is 2. The van der Waals surface area contributed by atoms with E-state index in [1.165, 1.54) is 17.3 Å². The van der Waals surface area contributed by atoms with Gasteiger partial charge in [-0.3, -0.25) is 4.57 Å². The van der Waals surface area contributed by atoms with Crippen molar-refractivity contribution >= 4 is 11.8 Å². The number of nitrogens with zero attached hydrogens (tertiary/aromatic N) is 5. The molecular weight excluding hydrogens is 414 g/mol. The topological polar surface area (TPSA) is 88.1 Å². The molecule has 0 radical (unpaired) electrons. The Morgan fingerprint density at radius 1 is 1.00 bits per heavy atom. The second-order valence-corrected chi connectivity index (χ2v) is 7.70. The second-order valence-electron chi connectivity index (χ2n) is 6.76. The summed E-state index contributed by atoms with van der Waals surface area (Å²) in [6.45, 7) is 4.08. The molecule has 4 rings (SSSR count). The van der Waals surface area contributed by atoms with E-state index >= 15 is 0 Å².